The molecule has 0 bridgehead atoms. The largest absolute Gasteiger partial charge is 0.300 e. The number of carbonyl (C=O) groups is 1. The van der Waals surface area contributed by atoms with Crippen molar-refractivity contribution in [2.24, 2.45) is 0 Å². The van der Waals surface area contributed by atoms with Gasteiger partial charge < -0.3 is 0 Å². The van der Waals surface area contributed by atoms with Crippen molar-refractivity contribution < 1.29 is 4.79 Å². The van der Waals surface area contributed by atoms with Gasteiger partial charge in [-0.2, -0.15) is 0 Å². The fourth-order valence-corrected chi connectivity index (χ4v) is 11.0. The zero-order valence-electron chi connectivity index (χ0n) is 24.8. The standard InChI is InChI=1S/C37H41OP/c1-23-17-25(3)34(26(4)18-23)31-15-12-16-32(35-27(5)19-24(2)20-28(35)6)36(31)39-33(29-13-10-9-11-14-29)21-30(38)22-37(39,7)8/h9-20,33H,21-22H2,1-8H3. The van der Waals surface area contributed by atoms with Gasteiger partial charge in [0, 0.05) is 18.5 Å². The van der Waals surface area contributed by atoms with E-state index >= 15 is 0 Å². The molecule has 1 saturated heterocycles. The van der Waals surface area contributed by atoms with E-state index in [1.807, 2.05) is 0 Å². The Bertz CT molecular complexity index is 1440. The van der Waals surface area contributed by atoms with Crippen LogP contribution in [0.1, 0.15) is 71.3 Å². The van der Waals surface area contributed by atoms with Crippen LogP contribution >= 0.6 is 7.92 Å². The Labute approximate surface area is 236 Å². The van der Waals surface area contributed by atoms with Crippen molar-refractivity contribution in [3.05, 3.63) is 112 Å². The van der Waals surface area contributed by atoms with Crippen LogP contribution < -0.4 is 5.30 Å². The van der Waals surface area contributed by atoms with Gasteiger partial charge in [-0.1, -0.05) is 106 Å². The van der Waals surface area contributed by atoms with Gasteiger partial charge in [-0.05, 0) is 102 Å². The van der Waals surface area contributed by atoms with Crippen molar-refractivity contribution in [2.75, 3.05) is 0 Å². The number of hydrogen-bond acceptors (Lipinski definition) is 1. The summed E-state index contributed by atoms with van der Waals surface area (Å²) >= 11 is 0. The molecule has 0 amide bonds. The lowest BCUT2D eigenvalue weighted by Crippen LogP contribution is -2.36. The molecule has 2 heteroatoms. The minimum absolute atomic E-state index is 0.130. The number of ketones is 1. The lowest BCUT2D eigenvalue weighted by atomic mass is 9.89. The third-order valence-electron chi connectivity index (χ3n) is 8.37. The number of Topliss-reactive ketones (excluding diaryl/α,β-unsaturated/α-hetero) is 1. The maximum Gasteiger partial charge on any atom is 0.134 e. The van der Waals surface area contributed by atoms with Crippen LogP contribution in [0, 0.1) is 41.5 Å². The molecule has 5 rings (SSSR count). The van der Waals surface area contributed by atoms with Crippen LogP contribution in [0.4, 0.5) is 0 Å². The molecule has 1 aliphatic heterocycles. The highest BCUT2D eigenvalue weighted by Crippen LogP contribution is 2.67. The first kappa shape index (κ1) is 27.5. The number of aryl methyl sites for hydroxylation is 6. The van der Waals surface area contributed by atoms with Crippen LogP contribution in [-0.4, -0.2) is 10.9 Å². The van der Waals surface area contributed by atoms with Gasteiger partial charge in [0.25, 0.3) is 0 Å². The Morgan fingerprint density at radius 2 is 1.13 bits per heavy atom. The second-order valence-corrected chi connectivity index (χ2v) is 15.3. The fourth-order valence-electron chi connectivity index (χ4n) is 7.19. The summed E-state index contributed by atoms with van der Waals surface area (Å²) in [7, 11) is -0.751. The Kier molecular flexibility index (Phi) is 7.43. The minimum Gasteiger partial charge on any atom is -0.300 e. The lowest BCUT2D eigenvalue weighted by Gasteiger charge is -2.46. The summed E-state index contributed by atoms with van der Waals surface area (Å²) in [6.45, 7) is 18.1. The van der Waals surface area contributed by atoms with E-state index in [2.05, 4.69) is 128 Å². The molecule has 4 aromatic rings. The summed E-state index contributed by atoms with van der Waals surface area (Å²) < 4.78 is 0. The number of benzene rings is 4. The van der Waals surface area contributed by atoms with E-state index in [1.54, 1.807) is 0 Å². The minimum atomic E-state index is -0.751. The SMILES string of the molecule is Cc1cc(C)c(-c2cccc(-c3c(C)cc(C)cc3C)c2P2C(c3ccccc3)CC(=O)CC2(C)C)c(C)c1. The zero-order valence-corrected chi connectivity index (χ0v) is 25.7. The molecule has 1 nitrogen and oxygen atoms in total. The van der Waals surface area contributed by atoms with Gasteiger partial charge >= 0.3 is 0 Å². The average molecular weight is 533 g/mol. The van der Waals surface area contributed by atoms with E-state index in [9.17, 15) is 4.79 Å². The van der Waals surface area contributed by atoms with Gasteiger partial charge in [0.2, 0.25) is 0 Å². The van der Waals surface area contributed by atoms with Crippen LogP contribution in [0.5, 0.6) is 0 Å². The van der Waals surface area contributed by atoms with Crippen molar-refractivity contribution in [1.29, 1.82) is 0 Å². The van der Waals surface area contributed by atoms with Crippen molar-refractivity contribution in [3.63, 3.8) is 0 Å². The van der Waals surface area contributed by atoms with Gasteiger partial charge in [0.05, 0.1) is 0 Å². The molecule has 0 saturated carbocycles. The van der Waals surface area contributed by atoms with Gasteiger partial charge in [-0.3, -0.25) is 4.79 Å². The topological polar surface area (TPSA) is 17.1 Å². The molecule has 200 valence electrons. The highest BCUT2D eigenvalue weighted by molar-refractivity contribution is 7.68. The van der Waals surface area contributed by atoms with Crippen LogP contribution in [0.25, 0.3) is 22.3 Å². The van der Waals surface area contributed by atoms with Crippen molar-refractivity contribution in [2.45, 2.75) is 79.0 Å². The first-order chi connectivity index (χ1) is 18.5. The molecule has 1 fully saturated rings. The molecular weight excluding hydrogens is 491 g/mol. The monoisotopic (exact) mass is 532 g/mol. The number of carbonyl (C=O) groups excluding carboxylic acids is 1. The Balaban J connectivity index is 1.91. The molecule has 2 unspecified atom stereocenters. The second kappa shape index (κ2) is 10.5. The molecule has 2 atom stereocenters. The predicted octanol–water partition coefficient (Wildman–Crippen LogP) is 9.86. The van der Waals surface area contributed by atoms with Crippen LogP contribution in [0.2, 0.25) is 0 Å². The van der Waals surface area contributed by atoms with E-state index in [4.69, 9.17) is 0 Å². The molecule has 0 aromatic heterocycles. The third kappa shape index (κ3) is 5.15. The summed E-state index contributed by atoms with van der Waals surface area (Å²) in [6.07, 6.45) is 1.25. The number of rotatable bonds is 4. The predicted molar refractivity (Wildman–Crippen MR) is 170 cm³/mol. The maximum atomic E-state index is 13.3. The molecular formula is C37H41OP. The van der Waals surface area contributed by atoms with E-state index in [1.165, 1.54) is 66.5 Å². The molecule has 0 N–H and O–H groups in total. The van der Waals surface area contributed by atoms with Crippen molar-refractivity contribution in [1.82, 2.24) is 0 Å². The first-order valence-electron chi connectivity index (χ1n) is 14.1. The highest BCUT2D eigenvalue weighted by atomic mass is 31.1. The van der Waals surface area contributed by atoms with Crippen molar-refractivity contribution in [3.8, 4) is 22.3 Å². The molecule has 1 heterocycles. The lowest BCUT2D eigenvalue weighted by molar-refractivity contribution is -0.119. The van der Waals surface area contributed by atoms with Gasteiger partial charge in [-0.25, -0.2) is 0 Å². The molecule has 0 spiro atoms. The second-order valence-electron chi connectivity index (χ2n) is 12.3. The van der Waals surface area contributed by atoms with Crippen LogP contribution in [-0.2, 0) is 4.79 Å². The summed E-state index contributed by atoms with van der Waals surface area (Å²) in [5, 5.41) is 1.33. The van der Waals surface area contributed by atoms with Gasteiger partial charge in [0.1, 0.15) is 5.78 Å². The molecule has 0 radical (unpaired) electrons. The molecule has 1 aliphatic rings. The summed E-state index contributed by atoms with van der Waals surface area (Å²) in [6, 6.07) is 27.0. The summed E-state index contributed by atoms with van der Waals surface area (Å²) in [5.74, 6) is 0.386. The van der Waals surface area contributed by atoms with Crippen molar-refractivity contribution >= 4 is 19.0 Å². The summed E-state index contributed by atoms with van der Waals surface area (Å²) in [5.41, 5.74) is 14.7. The molecule has 39 heavy (non-hydrogen) atoms. The van der Waals surface area contributed by atoms with Gasteiger partial charge in [0.15, 0.2) is 0 Å². The van der Waals surface area contributed by atoms with E-state index in [-0.39, 0.29) is 10.8 Å². The fraction of sp³-hybridized carbons (Fsp3) is 0.324. The quantitative estimate of drug-likeness (QED) is 0.239. The first-order valence-corrected chi connectivity index (χ1v) is 15.5. The Hall–Kier alpha value is -3.02. The van der Waals surface area contributed by atoms with Gasteiger partial charge in [-0.15, -0.1) is 0 Å². The normalized spacial score (nSPS) is 18.8. The maximum absolute atomic E-state index is 13.3. The van der Waals surface area contributed by atoms with E-state index < -0.39 is 7.92 Å². The Morgan fingerprint density at radius 1 is 0.667 bits per heavy atom. The van der Waals surface area contributed by atoms with E-state index in [0.717, 1.165) is 0 Å². The Morgan fingerprint density at radius 3 is 1.59 bits per heavy atom. The highest BCUT2D eigenvalue weighted by Gasteiger charge is 2.45. The number of hydrogen-bond donors (Lipinski definition) is 0. The molecule has 4 aromatic carbocycles. The van der Waals surface area contributed by atoms with E-state index in [0.29, 0.717) is 18.6 Å². The smallest absolute Gasteiger partial charge is 0.134 e. The summed E-state index contributed by atoms with van der Waals surface area (Å²) in [4.78, 5) is 13.3. The van der Waals surface area contributed by atoms with Crippen LogP contribution in [0.3, 0.4) is 0 Å². The average Bonchev–Trinajstić information content (AvgIpc) is 2.83. The molecule has 0 aliphatic carbocycles. The van der Waals surface area contributed by atoms with Crippen LogP contribution in [0.15, 0.2) is 72.8 Å². The zero-order chi connectivity index (χ0) is 28.1. The third-order valence-corrected chi connectivity index (χ3v) is 11.9.